The third-order valence-electron chi connectivity index (χ3n) is 3.03. The molecule has 2 heterocycles. The number of carbonyl (C=O) groups excluding carboxylic acids is 1. The maximum atomic E-state index is 11.8. The third kappa shape index (κ3) is 2.63. The average Bonchev–Trinajstić information content (AvgIpc) is 2.84. The molecule has 1 aliphatic rings. The molecule has 3 nitrogen and oxygen atoms in total. The number of alkyl halides is 3. The molecule has 0 amide bonds. The van der Waals surface area contributed by atoms with Gasteiger partial charge in [-0.15, -0.1) is 0 Å². The highest BCUT2D eigenvalue weighted by Crippen LogP contribution is 2.32. The minimum absolute atomic E-state index is 0.119. The van der Waals surface area contributed by atoms with E-state index in [1.807, 2.05) is 10.8 Å². The lowest BCUT2D eigenvalue weighted by Gasteiger charge is -2.24. The molecule has 94 valence electrons. The number of Topliss-reactive ketones (excluding diaryl/α,β-unsaturated/α-hetero) is 1. The number of hydrogen-bond donors (Lipinski definition) is 0. The standard InChI is InChI=1S/C11H12Cl3NO2/c1-10(3-5-17-7-10)15-4-2-8(6-15)9(16)11(12,13)14/h2,4,6H,3,5,7H2,1H3. The molecular formula is C11H12Cl3NO2. The van der Waals surface area contributed by atoms with Crippen LogP contribution in [0, 0.1) is 0 Å². The molecule has 0 saturated carbocycles. The lowest BCUT2D eigenvalue weighted by Crippen LogP contribution is -2.29. The number of hydrogen-bond acceptors (Lipinski definition) is 2. The second kappa shape index (κ2) is 4.47. The van der Waals surface area contributed by atoms with Crippen molar-refractivity contribution >= 4 is 40.6 Å². The van der Waals surface area contributed by atoms with E-state index in [1.54, 1.807) is 12.3 Å². The minimum Gasteiger partial charge on any atom is -0.379 e. The van der Waals surface area contributed by atoms with Crippen LogP contribution in [0.4, 0.5) is 0 Å². The molecule has 1 saturated heterocycles. The molecular weight excluding hydrogens is 284 g/mol. The fraction of sp³-hybridized carbons (Fsp3) is 0.545. The van der Waals surface area contributed by atoms with Crippen LogP contribution in [0.25, 0.3) is 0 Å². The fourth-order valence-electron chi connectivity index (χ4n) is 1.89. The maximum absolute atomic E-state index is 11.8. The van der Waals surface area contributed by atoms with Gasteiger partial charge in [-0.1, -0.05) is 34.8 Å². The Kier molecular flexibility index (Phi) is 3.47. The molecule has 6 heteroatoms. The van der Waals surface area contributed by atoms with Crippen LogP contribution in [0.1, 0.15) is 23.7 Å². The predicted octanol–water partition coefficient (Wildman–Crippen LogP) is 3.18. The Labute approximate surface area is 115 Å². The Hall–Kier alpha value is -0.220. The van der Waals surface area contributed by atoms with Gasteiger partial charge in [-0.3, -0.25) is 4.79 Å². The van der Waals surface area contributed by atoms with Crippen LogP contribution in [-0.4, -0.2) is 27.4 Å². The number of halogens is 3. The van der Waals surface area contributed by atoms with Crippen molar-refractivity contribution < 1.29 is 9.53 Å². The Morgan fingerprint density at radius 1 is 1.53 bits per heavy atom. The molecule has 2 rings (SSSR count). The van der Waals surface area contributed by atoms with Crippen molar-refractivity contribution in [3.8, 4) is 0 Å². The lowest BCUT2D eigenvalue weighted by atomic mass is 10.0. The predicted molar refractivity (Wildman–Crippen MR) is 68.1 cm³/mol. The van der Waals surface area contributed by atoms with E-state index in [4.69, 9.17) is 39.5 Å². The highest BCUT2D eigenvalue weighted by Gasteiger charge is 2.35. The molecule has 17 heavy (non-hydrogen) atoms. The zero-order valence-corrected chi connectivity index (χ0v) is 11.5. The van der Waals surface area contributed by atoms with Gasteiger partial charge < -0.3 is 9.30 Å². The van der Waals surface area contributed by atoms with Gasteiger partial charge in [0.15, 0.2) is 0 Å². The van der Waals surface area contributed by atoms with E-state index in [0.29, 0.717) is 12.2 Å². The highest BCUT2D eigenvalue weighted by atomic mass is 35.6. The Balaban J connectivity index is 2.25. The van der Waals surface area contributed by atoms with Gasteiger partial charge in [0.25, 0.3) is 3.79 Å². The minimum atomic E-state index is -1.90. The van der Waals surface area contributed by atoms with Gasteiger partial charge >= 0.3 is 0 Å². The van der Waals surface area contributed by atoms with Gasteiger partial charge in [-0.2, -0.15) is 0 Å². The number of aromatic nitrogens is 1. The number of rotatable bonds is 2. The van der Waals surface area contributed by atoms with Gasteiger partial charge in [-0.25, -0.2) is 0 Å². The van der Waals surface area contributed by atoms with Crippen molar-refractivity contribution in [2.45, 2.75) is 22.7 Å². The molecule has 1 aromatic heterocycles. The molecule has 0 aromatic carbocycles. The molecule has 0 spiro atoms. The largest absolute Gasteiger partial charge is 0.379 e. The first-order valence-electron chi connectivity index (χ1n) is 5.21. The summed E-state index contributed by atoms with van der Waals surface area (Å²) in [7, 11) is 0. The summed E-state index contributed by atoms with van der Waals surface area (Å²) in [6.07, 6.45) is 4.43. The average molecular weight is 297 g/mol. The smallest absolute Gasteiger partial charge is 0.253 e. The molecule has 1 aromatic rings. The quantitative estimate of drug-likeness (QED) is 0.620. The summed E-state index contributed by atoms with van der Waals surface area (Å²) in [4.78, 5) is 11.8. The number of ketones is 1. The summed E-state index contributed by atoms with van der Waals surface area (Å²) in [6, 6.07) is 1.66. The van der Waals surface area contributed by atoms with Gasteiger partial charge in [0, 0.05) is 24.6 Å². The summed E-state index contributed by atoms with van der Waals surface area (Å²) in [5.41, 5.74) is 0.282. The molecule has 0 radical (unpaired) electrons. The molecule has 0 bridgehead atoms. The van der Waals surface area contributed by atoms with Crippen LogP contribution in [0.5, 0.6) is 0 Å². The van der Waals surface area contributed by atoms with Crippen molar-refractivity contribution in [1.82, 2.24) is 4.57 Å². The zero-order chi connectivity index (χ0) is 12.7. The molecule has 0 N–H and O–H groups in total. The van der Waals surface area contributed by atoms with Crippen molar-refractivity contribution in [3.05, 3.63) is 24.0 Å². The summed E-state index contributed by atoms with van der Waals surface area (Å²) in [6.45, 7) is 3.43. The third-order valence-corrected chi connectivity index (χ3v) is 3.55. The van der Waals surface area contributed by atoms with Crippen LogP contribution in [0.15, 0.2) is 18.5 Å². The van der Waals surface area contributed by atoms with Crippen LogP contribution in [0.2, 0.25) is 0 Å². The van der Waals surface area contributed by atoms with E-state index in [-0.39, 0.29) is 5.54 Å². The van der Waals surface area contributed by atoms with E-state index in [2.05, 4.69) is 6.92 Å². The SMILES string of the molecule is CC1(n2ccc(C(=O)C(Cl)(Cl)Cl)c2)CCOC1. The van der Waals surface area contributed by atoms with E-state index in [9.17, 15) is 4.79 Å². The van der Waals surface area contributed by atoms with Crippen LogP contribution < -0.4 is 0 Å². The molecule has 1 atom stereocenters. The van der Waals surface area contributed by atoms with E-state index in [1.165, 1.54) is 0 Å². The Bertz CT molecular complexity index is 430. The summed E-state index contributed by atoms with van der Waals surface area (Å²) in [5, 5.41) is 0. The second-order valence-corrected chi connectivity index (χ2v) is 6.72. The Morgan fingerprint density at radius 3 is 2.76 bits per heavy atom. The number of ether oxygens (including phenoxy) is 1. The maximum Gasteiger partial charge on any atom is 0.253 e. The first-order chi connectivity index (χ1) is 7.83. The van der Waals surface area contributed by atoms with E-state index in [0.717, 1.165) is 13.0 Å². The summed E-state index contributed by atoms with van der Waals surface area (Å²) in [5.74, 6) is -0.510. The molecule has 1 unspecified atom stereocenters. The molecule has 1 fully saturated rings. The highest BCUT2D eigenvalue weighted by molar-refractivity contribution is 6.77. The second-order valence-electron chi connectivity index (χ2n) is 4.43. The van der Waals surface area contributed by atoms with Crippen LogP contribution in [0.3, 0.4) is 0 Å². The first-order valence-corrected chi connectivity index (χ1v) is 6.34. The summed E-state index contributed by atoms with van der Waals surface area (Å²) < 4.78 is 5.41. The van der Waals surface area contributed by atoms with Crippen LogP contribution >= 0.6 is 34.8 Å². The van der Waals surface area contributed by atoms with Crippen molar-refractivity contribution in [1.29, 1.82) is 0 Å². The zero-order valence-electron chi connectivity index (χ0n) is 9.25. The molecule has 1 aliphatic heterocycles. The van der Waals surface area contributed by atoms with Crippen LogP contribution in [-0.2, 0) is 10.3 Å². The normalized spacial score (nSPS) is 25.2. The van der Waals surface area contributed by atoms with Gasteiger partial charge in [0.1, 0.15) is 0 Å². The molecule has 0 aliphatic carbocycles. The Morgan fingerprint density at radius 2 is 2.24 bits per heavy atom. The van der Waals surface area contributed by atoms with Crippen molar-refractivity contribution in [3.63, 3.8) is 0 Å². The van der Waals surface area contributed by atoms with Crippen molar-refractivity contribution in [2.75, 3.05) is 13.2 Å². The number of carbonyl (C=O) groups is 1. The van der Waals surface area contributed by atoms with E-state index >= 15 is 0 Å². The number of nitrogens with zero attached hydrogens (tertiary/aromatic N) is 1. The van der Waals surface area contributed by atoms with Gasteiger partial charge in [0.2, 0.25) is 5.78 Å². The topological polar surface area (TPSA) is 31.2 Å². The first kappa shape index (κ1) is 13.2. The van der Waals surface area contributed by atoms with Crippen molar-refractivity contribution in [2.24, 2.45) is 0 Å². The fourth-order valence-corrected chi connectivity index (χ4v) is 2.22. The summed E-state index contributed by atoms with van der Waals surface area (Å²) >= 11 is 16.7. The van der Waals surface area contributed by atoms with E-state index < -0.39 is 9.58 Å². The van der Waals surface area contributed by atoms with Gasteiger partial charge in [0.05, 0.1) is 12.1 Å². The van der Waals surface area contributed by atoms with Gasteiger partial charge in [-0.05, 0) is 19.4 Å². The monoisotopic (exact) mass is 295 g/mol. The lowest BCUT2D eigenvalue weighted by molar-refractivity contribution is 0.0996.